The number of benzene rings is 3. The summed E-state index contributed by atoms with van der Waals surface area (Å²) in [5.41, 5.74) is 5.54. The average molecular weight is 493 g/mol. The highest BCUT2D eigenvalue weighted by molar-refractivity contribution is 7.51. The van der Waals surface area contributed by atoms with E-state index in [4.69, 9.17) is 9.79 Å². The molecule has 0 atom stereocenters. The summed E-state index contributed by atoms with van der Waals surface area (Å²) in [5.74, 6) is -0.191. The first-order valence-corrected chi connectivity index (χ1v) is 13.6. The molecular weight excluding hydrogens is 462 g/mol. The molecule has 7 heteroatoms. The van der Waals surface area contributed by atoms with Crippen molar-refractivity contribution in [3.63, 3.8) is 0 Å². The highest BCUT2D eigenvalue weighted by Gasteiger charge is 2.13. The minimum absolute atomic E-state index is 0.133. The fourth-order valence-electron chi connectivity index (χ4n) is 4.30. The van der Waals surface area contributed by atoms with Crippen LogP contribution in [0.2, 0.25) is 0 Å². The minimum Gasteiger partial charge on any atom is -0.324 e. The third-order valence-electron chi connectivity index (χ3n) is 6.09. The van der Waals surface area contributed by atoms with Crippen LogP contribution in [0.15, 0.2) is 79.0 Å². The van der Waals surface area contributed by atoms with Crippen molar-refractivity contribution in [3.8, 4) is 11.1 Å². The van der Waals surface area contributed by atoms with Gasteiger partial charge in [-0.25, -0.2) is 4.39 Å². The van der Waals surface area contributed by atoms with E-state index in [9.17, 15) is 8.96 Å². The van der Waals surface area contributed by atoms with E-state index in [1.807, 2.05) is 54.6 Å². The number of nitrogens with one attached hydrogen (secondary N) is 1. The van der Waals surface area contributed by atoms with Crippen LogP contribution in [0.1, 0.15) is 29.5 Å². The molecule has 0 bridgehead atoms. The summed E-state index contributed by atoms with van der Waals surface area (Å²) >= 11 is 0. The van der Waals surface area contributed by atoms with E-state index in [1.54, 1.807) is 12.3 Å². The van der Waals surface area contributed by atoms with E-state index in [0.717, 1.165) is 46.0 Å². The van der Waals surface area contributed by atoms with Crippen molar-refractivity contribution in [3.05, 3.63) is 102 Å². The smallest absolute Gasteiger partial charge is 0.324 e. The van der Waals surface area contributed by atoms with Crippen LogP contribution in [0, 0.1) is 5.82 Å². The Morgan fingerprint density at radius 2 is 1.69 bits per heavy atom. The molecule has 0 radical (unpaired) electrons. The number of hydrogen-bond acceptors (Lipinski definition) is 3. The number of halogens is 1. The molecule has 0 aliphatic carbocycles. The van der Waals surface area contributed by atoms with E-state index in [2.05, 4.69) is 22.4 Å². The Morgan fingerprint density at radius 1 is 0.886 bits per heavy atom. The average Bonchev–Trinajstić information content (AvgIpc) is 2.85. The maximum Gasteiger partial charge on any atom is 0.325 e. The van der Waals surface area contributed by atoms with Gasteiger partial charge in [0, 0.05) is 18.1 Å². The van der Waals surface area contributed by atoms with Crippen LogP contribution >= 0.6 is 7.60 Å². The predicted octanol–water partition coefficient (Wildman–Crippen LogP) is 5.87. The largest absolute Gasteiger partial charge is 0.325 e. The quantitative estimate of drug-likeness (QED) is 0.180. The molecule has 0 spiro atoms. The minimum atomic E-state index is -3.97. The Labute approximate surface area is 205 Å². The fraction of sp³-hybridized carbons (Fsp3) is 0.250. The van der Waals surface area contributed by atoms with Crippen molar-refractivity contribution in [1.29, 1.82) is 0 Å². The second-order valence-electron chi connectivity index (χ2n) is 8.74. The summed E-state index contributed by atoms with van der Waals surface area (Å²) in [7, 11) is -3.97. The molecule has 4 rings (SSSR count). The summed E-state index contributed by atoms with van der Waals surface area (Å²) < 4.78 is 26.0. The van der Waals surface area contributed by atoms with Crippen molar-refractivity contribution < 1.29 is 18.7 Å². The summed E-state index contributed by atoms with van der Waals surface area (Å²) in [6, 6.07) is 23.5. The number of pyridine rings is 1. The van der Waals surface area contributed by atoms with Crippen LogP contribution in [0.4, 0.5) is 4.39 Å². The number of aromatic nitrogens is 1. The number of fused-ring (bicyclic) bond motifs is 1. The van der Waals surface area contributed by atoms with Gasteiger partial charge in [0.1, 0.15) is 5.82 Å². The van der Waals surface area contributed by atoms with Gasteiger partial charge in [0.2, 0.25) is 0 Å². The van der Waals surface area contributed by atoms with Crippen molar-refractivity contribution >= 4 is 18.5 Å². The zero-order valence-electron chi connectivity index (χ0n) is 19.5. The maximum absolute atomic E-state index is 15.0. The van der Waals surface area contributed by atoms with Gasteiger partial charge < -0.3 is 15.1 Å². The maximum atomic E-state index is 15.0. The molecule has 0 amide bonds. The van der Waals surface area contributed by atoms with Crippen LogP contribution in [-0.2, 0) is 24.0 Å². The third kappa shape index (κ3) is 7.06. The van der Waals surface area contributed by atoms with Gasteiger partial charge in [-0.3, -0.25) is 9.55 Å². The zero-order chi connectivity index (χ0) is 24.7. The summed E-state index contributed by atoms with van der Waals surface area (Å²) in [5, 5.41) is 4.17. The van der Waals surface area contributed by atoms with Crippen LogP contribution in [0.3, 0.4) is 0 Å². The lowest BCUT2D eigenvalue weighted by Gasteiger charge is -2.13. The second-order valence-corrected chi connectivity index (χ2v) is 10.5. The first kappa shape index (κ1) is 25.2. The van der Waals surface area contributed by atoms with Crippen LogP contribution in [0.5, 0.6) is 0 Å². The van der Waals surface area contributed by atoms with Gasteiger partial charge in [-0.2, -0.15) is 0 Å². The van der Waals surface area contributed by atoms with E-state index < -0.39 is 7.60 Å². The van der Waals surface area contributed by atoms with E-state index >= 15 is 0 Å². The molecule has 0 fully saturated rings. The van der Waals surface area contributed by atoms with Crippen molar-refractivity contribution in [2.75, 3.05) is 12.7 Å². The Morgan fingerprint density at radius 3 is 2.46 bits per heavy atom. The van der Waals surface area contributed by atoms with E-state index in [0.29, 0.717) is 25.9 Å². The lowest BCUT2D eigenvalue weighted by molar-refractivity contribution is 0.371. The summed E-state index contributed by atoms with van der Waals surface area (Å²) in [4.78, 5) is 22.5. The monoisotopic (exact) mass is 492 g/mol. The molecule has 0 aliphatic heterocycles. The second kappa shape index (κ2) is 11.7. The Kier molecular flexibility index (Phi) is 8.42. The molecule has 0 saturated heterocycles. The molecule has 0 unspecified atom stereocenters. The molecule has 182 valence electrons. The van der Waals surface area contributed by atoms with Crippen LogP contribution < -0.4 is 5.32 Å². The Bertz CT molecular complexity index is 1320. The standard InChI is InChI=1S/C28H30FN2O3P/c29-27-19-23(13-12-22(27)10-4-9-21-7-2-1-3-8-21)25-15-14-24(28-26(25)11-5-17-31-28)20-30-16-6-18-35(32,33)34/h1-3,5,7-8,11-15,17,19,30H,4,6,9-10,16,18,20H2,(H2,32,33,34). The molecule has 4 aromatic rings. The summed E-state index contributed by atoms with van der Waals surface area (Å²) in [6.07, 6.45) is 4.50. The molecular formula is C28H30FN2O3P. The Balaban J connectivity index is 1.46. The van der Waals surface area contributed by atoms with Gasteiger partial charge in [-0.1, -0.05) is 60.7 Å². The van der Waals surface area contributed by atoms with Crippen molar-refractivity contribution in [2.45, 2.75) is 32.2 Å². The van der Waals surface area contributed by atoms with Gasteiger partial charge in [0.05, 0.1) is 11.7 Å². The van der Waals surface area contributed by atoms with E-state index in [1.165, 1.54) is 5.56 Å². The third-order valence-corrected chi connectivity index (χ3v) is 6.99. The number of nitrogens with zero attached hydrogens (tertiary/aromatic N) is 1. The first-order chi connectivity index (χ1) is 16.9. The van der Waals surface area contributed by atoms with Crippen molar-refractivity contribution in [2.24, 2.45) is 0 Å². The molecule has 3 N–H and O–H groups in total. The van der Waals surface area contributed by atoms with Gasteiger partial charge in [-0.05, 0) is 72.2 Å². The van der Waals surface area contributed by atoms with Gasteiger partial charge in [0.25, 0.3) is 0 Å². The van der Waals surface area contributed by atoms with E-state index in [-0.39, 0.29) is 12.0 Å². The highest BCUT2D eigenvalue weighted by Crippen LogP contribution is 2.34. The Hall–Kier alpha value is -2.89. The number of aryl methyl sites for hydroxylation is 2. The van der Waals surface area contributed by atoms with Crippen molar-refractivity contribution in [1.82, 2.24) is 10.3 Å². The SMILES string of the molecule is O=P(O)(O)CCCNCc1ccc(-c2ccc(CCCc3ccccc3)c(F)c2)c2cccnc12. The molecule has 3 aromatic carbocycles. The lowest BCUT2D eigenvalue weighted by Crippen LogP contribution is -2.16. The molecule has 1 aromatic heterocycles. The van der Waals surface area contributed by atoms with Crippen LogP contribution in [-0.4, -0.2) is 27.5 Å². The predicted molar refractivity (Wildman–Crippen MR) is 139 cm³/mol. The number of hydrogen-bond donors (Lipinski definition) is 3. The molecule has 0 saturated carbocycles. The molecule has 0 aliphatic rings. The van der Waals surface area contributed by atoms with Crippen LogP contribution in [0.25, 0.3) is 22.0 Å². The molecule has 5 nitrogen and oxygen atoms in total. The normalized spacial score (nSPS) is 11.7. The van der Waals surface area contributed by atoms with Gasteiger partial charge in [-0.15, -0.1) is 0 Å². The number of rotatable bonds is 11. The first-order valence-electron chi connectivity index (χ1n) is 11.9. The molecule has 1 heterocycles. The fourth-order valence-corrected chi connectivity index (χ4v) is 4.87. The van der Waals surface area contributed by atoms with Gasteiger partial charge in [0.15, 0.2) is 0 Å². The summed E-state index contributed by atoms with van der Waals surface area (Å²) in [6.45, 7) is 1.03. The topological polar surface area (TPSA) is 82.5 Å². The zero-order valence-corrected chi connectivity index (χ0v) is 20.4. The molecule has 35 heavy (non-hydrogen) atoms. The lowest BCUT2D eigenvalue weighted by atomic mass is 9.95. The van der Waals surface area contributed by atoms with Gasteiger partial charge >= 0.3 is 7.60 Å². The highest BCUT2D eigenvalue weighted by atomic mass is 31.2.